The van der Waals surface area contributed by atoms with Crippen molar-refractivity contribution in [1.82, 2.24) is 16.0 Å². The van der Waals surface area contributed by atoms with Gasteiger partial charge >= 0.3 is 6.03 Å². The molecule has 1 saturated carbocycles. The molecule has 3 N–H and O–H groups in total. The summed E-state index contributed by atoms with van der Waals surface area (Å²) in [5.41, 5.74) is 0. The number of hydrogen-bond donors (Lipinski definition) is 3. The summed E-state index contributed by atoms with van der Waals surface area (Å²) >= 11 is 0. The number of urea groups is 1. The predicted octanol–water partition coefficient (Wildman–Crippen LogP) is 1.14. The minimum atomic E-state index is -0.214. The van der Waals surface area contributed by atoms with Crippen LogP contribution in [0.15, 0.2) is 0 Å². The third-order valence-corrected chi connectivity index (χ3v) is 2.78. The number of hydrogen-bond acceptors (Lipinski definition) is 2. The lowest BCUT2D eigenvalue weighted by Gasteiger charge is -2.13. The van der Waals surface area contributed by atoms with Crippen LogP contribution in [0.4, 0.5) is 4.79 Å². The Labute approximate surface area is 103 Å². The maximum Gasteiger partial charge on any atom is 0.315 e. The van der Waals surface area contributed by atoms with Crippen molar-refractivity contribution in [3.05, 3.63) is 0 Å². The second kappa shape index (κ2) is 7.14. The second-order valence-electron chi connectivity index (χ2n) is 4.85. The highest BCUT2D eigenvalue weighted by Gasteiger charge is 2.16. The van der Waals surface area contributed by atoms with Gasteiger partial charge in [0.2, 0.25) is 5.91 Å². The molecule has 17 heavy (non-hydrogen) atoms. The van der Waals surface area contributed by atoms with Crippen molar-refractivity contribution in [1.29, 1.82) is 0 Å². The molecule has 0 aromatic rings. The van der Waals surface area contributed by atoms with E-state index in [1.165, 1.54) is 12.8 Å². The van der Waals surface area contributed by atoms with Crippen LogP contribution in [0.3, 0.4) is 0 Å². The van der Waals surface area contributed by atoms with E-state index in [1.807, 2.05) is 13.8 Å². The van der Waals surface area contributed by atoms with Gasteiger partial charge in [0, 0.05) is 25.0 Å². The van der Waals surface area contributed by atoms with Gasteiger partial charge in [0.05, 0.1) is 0 Å². The van der Waals surface area contributed by atoms with Crippen LogP contribution < -0.4 is 16.0 Å². The van der Waals surface area contributed by atoms with Crippen molar-refractivity contribution >= 4 is 11.9 Å². The van der Waals surface area contributed by atoms with Gasteiger partial charge in [-0.3, -0.25) is 4.79 Å². The smallest absolute Gasteiger partial charge is 0.315 e. The summed E-state index contributed by atoms with van der Waals surface area (Å²) < 4.78 is 0. The molecule has 5 heteroatoms. The largest absolute Gasteiger partial charge is 0.353 e. The van der Waals surface area contributed by atoms with Crippen molar-refractivity contribution in [3.63, 3.8) is 0 Å². The Morgan fingerprint density at radius 1 is 1.24 bits per heavy atom. The van der Waals surface area contributed by atoms with E-state index in [0.29, 0.717) is 19.0 Å². The molecule has 0 radical (unpaired) electrons. The van der Waals surface area contributed by atoms with Gasteiger partial charge in [-0.05, 0) is 26.7 Å². The maximum atomic E-state index is 11.5. The molecule has 0 aromatic heterocycles. The van der Waals surface area contributed by atoms with Crippen molar-refractivity contribution in [2.75, 3.05) is 6.54 Å². The molecule has 3 amide bonds. The van der Waals surface area contributed by atoms with Crippen LogP contribution in [-0.4, -0.2) is 30.6 Å². The summed E-state index contributed by atoms with van der Waals surface area (Å²) in [4.78, 5) is 22.7. The van der Waals surface area contributed by atoms with Gasteiger partial charge in [-0.1, -0.05) is 12.8 Å². The Hall–Kier alpha value is -1.26. The molecule has 0 aromatic carbocycles. The Balaban J connectivity index is 2.05. The first-order chi connectivity index (χ1) is 8.08. The van der Waals surface area contributed by atoms with E-state index in [2.05, 4.69) is 16.0 Å². The second-order valence-corrected chi connectivity index (χ2v) is 4.85. The highest BCUT2D eigenvalue weighted by molar-refractivity contribution is 5.78. The summed E-state index contributed by atoms with van der Waals surface area (Å²) in [6.45, 7) is 4.18. The lowest BCUT2D eigenvalue weighted by atomic mass is 10.2. The fraction of sp³-hybridized carbons (Fsp3) is 0.833. The quantitative estimate of drug-likeness (QED) is 0.675. The Bertz CT molecular complexity index is 260. The monoisotopic (exact) mass is 241 g/mol. The van der Waals surface area contributed by atoms with Gasteiger partial charge in [0.25, 0.3) is 0 Å². The van der Waals surface area contributed by atoms with Gasteiger partial charge in [-0.25, -0.2) is 4.79 Å². The first-order valence-corrected chi connectivity index (χ1v) is 6.41. The number of carbonyl (C=O) groups excluding carboxylic acids is 2. The Kier molecular flexibility index (Phi) is 5.80. The molecular formula is C12H23N3O2. The van der Waals surface area contributed by atoms with Gasteiger partial charge in [-0.2, -0.15) is 0 Å². The number of amides is 3. The van der Waals surface area contributed by atoms with E-state index in [0.717, 1.165) is 12.8 Å². The maximum absolute atomic E-state index is 11.5. The summed E-state index contributed by atoms with van der Waals surface area (Å²) in [6, 6.07) is 0.253. The SMILES string of the molecule is CC(C)NC(=O)NCCC(=O)NC1CCCC1. The van der Waals surface area contributed by atoms with Gasteiger partial charge in [0.15, 0.2) is 0 Å². The number of rotatable bonds is 5. The third-order valence-electron chi connectivity index (χ3n) is 2.78. The van der Waals surface area contributed by atoms with Gasteiger partial charge in [-0.15, -0.1) is 0 Å². The zero-order valence-electron chi connectivity index (χ0n) is 10.7. The molecule has 5 nitrogen and oxygen atoms in total. The Morgan fingerprint density at radius 2 is 1.88 bits per heavy atom. The van der Waals surface area contributed by atoms with Crippen LogP contribution in [0.5, 0.6) is 0 Å². The molecule has 0 saturated heterocycles. The highest BCUT2D eigenvalue weighted by Crippen LogP contribution is 2.17. The van der Waals surface area contributed by atoms with Crippen molar-refractivity contribution in [3.8, 4) is 0 Å². The standard InChI is InChI=1S/C12H23N3O2/c1-9(2)14-12(17)13-8-7-11(16)15-10-5-3-4-6-10/h9-10H,3-8H2,1-2H3,(H,15,16)(H2,13,14,17). The fourth-order valence-electron chi connectivity index (χ4n) is 1.97. The summed E-state index contributed by atoms with van der Waals surface area (Å²) in [6.07, 6.45) is 4.95. The Morgan fingerprint density at radius 3 is 2.47 bits per heavy atom. The van der Waals surface area contributed by atoms with E-state index >= 15 is 0 Å². The van der Waals surface area contributed by atoms with Crippen LogP contribution in [0.25, 0.3) is 0 Å². The van der Waals surface area contributed by atoms with Gasteiger partial charge < -0.3 is 16.0 Å². The highest BCUT2D eigenvalue weighted by atomic mass is 16.2. The molecule has 0 heterocycles. The first-order valence-electron chi connectivity index (χ1n) is 6.41. The summed E-state index contributed by atoms with van der Waals surface area (Å²) in [7, 11) is 0. The molecular weight excluding hydrogens is 218 g/mol. The van der Waals surface area contributed by atoms with Crippen molar-refractivity contribution < 1.29 is 9.59 Å². The van der Waals surface area contributed by atoms with Crippen LogP contribution in [-0.2, 0) is 4.79 Å². The molecule has 0 bridgehead atoms. The zero-order chi connectivity index (χ0) is 12.7. The molecule has 0 aliphatic heterocycles. The van der Waals surface area contributed by atoms with Crippen LogP contribution in [0, 0.1) is 0 Å². The van der Waals surface area contributed by atoms with Gasteiger partial charge in [0.1, 0.15) is 0 Å². The van der Waals surface area contributed by atoms with Crippen molar-refractivity contribution in [2.45, 2.75) is 58.0 Å². The van der Waals surface area contributed by atoms with E-state index < -0.39 is 0 Å². The zero-order valence-corrected chi connectivity index (χ0v) is 10.7. The lowest BCUT2D eigenvalue weighted by Crippen LogP contribution is -2.41. The summed E-state index contributed by atoms with van der Waals surface area (Å²) in [5.74, 6) is 0.0294. The topological polar surface area (TPSA) is 70.2 Å². The molecule has 0 atom stereocenters. The van der Waals surface area contributed by atoms with Crippen LogP contribution >= 0.6 is 0 Å². The van der Waals surface area contributed by atoms with E-state index in [-0.39, 0.29) is 18.0 Å². The fourth-order valence-corrected chi connectivity index (χ4v) is 1.97. The third kappa shape index (κ3) is 6.14. The van der Waals surface area contributed by atoms with E-state index in [1.54, 1.807) is 0 Å². The first kappa shape index (κ1) is 13.8. The number of carbonyl (C=O) groups is 2. The lowest BCUT2D eigenvalue weighted by molar-refractivity contribution is -0.121. The molecule has 1 fully saturated rings. The molecule has 98 valence electrons. The molecule has 1 rings (SSSR count). The van der Waals surface area contributed by atoms with Crippen molar-refractivity contribution in [2.24, 2.45) is 0 Å². The molecule has 1 aliphatic carbocycles. The predicted molar refractivity (Wildman–Crippen MR) is 66.7 cm³/mol. The number of nitrogens with one attached hydrogen (secondary N) is 3. The minimum Gasteiger partial charge on any atom is -0.353 e. The normalized spacial score (nSPS) is 15.9. The average molecular weight is 241 g/mol. The average Bonchev–Trinajstić information content (AvgIpc) is 2.69. The molecule has 0 spiro atoms. The van der Waals surface area contributed by atoms with Crippen LogP contribution in [0.2, 0.25) is 0 Å². The van der Waals surface area contributed by atoms with E-state index in [4.69, 9.17) is 0 Å². The summed E-state index contributed by atoms with van der Waals surface area (Å²) in [5, 5.41) is 8.35. The molecule has 1 aliphatic rings. The van der Waals surface area contributed by atoms with Crippen LogP contribution in [0.1, 0.15) is 46.0 Å². The minimum absolute atomic E-state index is 0.0294. The van der Waals surface area contributed by atoms with E-state index in [9.17, 15) is 9.59 Å². The molecule has 0 unspecified atom stereocenters.